The molecule has 2 aliphatic heterocycles. The maximum Gasteiger partial charge on any atom is 0.213 e. The van der Waals surface area contributed by atoms with Gasteiger partial charge in [0.15, 0.2) is 0 Å². The number of pyridine rings is 1. The van der Waals surface area contributed by atoms with Gasteiger partial charge in [-0.05, 0) is 43.7 Å². The normalized spacial score (nSPS) is 24.2. The third-order valence-corrected chi connectivity index (χ3v) is 8.89. The smallest absolute Gasteiger partial charge is 0.213 e. The summed E-state index contributed by atoms with van der Waals surface area (Å²) in [6, 6.07) is 15.3. The van der Waals surface area contributed by atoms with Crippen LogP contribution in [-0.4, -0.2) is 53.5 Å². The monoisotopic (exact) mass is 461 g/mol. The summed E-state index contributed by atoms with van der Waals surface area (Å²) in [4.78, 5) is 4.52. The Balaban J connectivity index is 1.31. The van der Waals surface area contributed by atoms with Crippen LogP contribution in [0.25, 0.3) is 0 Å². The minimum atomic E-state index is -3.11. The SMILES string of the molecule is C[C@@H]1CCC(c2ccccc2)SN1Cc1ccc(OC2CCN(S(C)(=O)=O)CC2)nc1. The zero-order valence-corrected chi connectivity index (χ0v) is 19.8. The highest BCUT2D eigenvalue weighted by Crippen LogP contribution is 2.42. The summed E-state index contributed by atoms with van der Waals surface area (Å²) >= 11 is 1.94. The van der Waals surface area contributed by atoms with E-state index in [2.05, 4.69) is 52.6 Å². The van der Waals surface area contributed by atoms with Crippen molar-refractivity contribution in [1.82, 2.24) is 13.6 Å². The number of benzene rings is 1. The summed E-state index contributed by atoms with van der Waals surface area (Å²) in [6.07, 6.45) is 6.96. The molecule has 168 valence electrons. The number of nitrogens with zero attached hydrogens (tertiary/aromatic N) is 3. The van der Waals surface area contributed by atoms with Gasteiger partial charge in [-0.2, -0.15) is 0 Å². The van der Waals surface area contributed by atoms with Crippen LogP contribution in [0.1, 0.15) is 49.0 Å². The molecule has 8 heteroatoms. The van der Waals surface area contributed by atoms with Gasteiger partial charge in [-0.15, -0.1) is 0 Å². The second kappa shape index (κ2) is 9.90. The van der Waals surface area contributed by atoms with Gasteiger partial charge in [0.25, 0.3) is 0 Å². The molecule has 0 spiro atoms. The maximum atomic E-state index is 11.6. The van der Waals surface area contributed by atoms with E-state index >= 15 is 0 Å². The molecule has 6 nitrogen and oxygen atoms in total. The van der Waals surface area contributed by atoms with Crippen LogP contribution in [0.3, 0.4) is 0 Å². The molecular formula is C23H31N3O3S2. The first-order valence-corrected chi connectivity index (χ1v) is 13.6. The summed E-state index contributed by atoms with van der Waals surface area (Å²) in [5.74, 6) is 0.614. The van der Waals surface area contributed by atoms with Gasteiger partial charge in [0.1, 0.15) is 6.10 Å². The number of hydrogen-bond acceptors (Lipinski definition) is 6. The van der Waals surface area contributed by atoms with E-state index in [0.717, 1.165) is 6.54 Å². The molecule has 0 amide bonds. The average Bonchev–Trinajstić information content (AvgIpc) is 2.77. The number of sulfonamides is 1. The van der Waals surface area contributed by atoms with Gasteiger partial charge >= 0.3 is 0 Å². The molecule has 1 aromatic heterocycles. The van der Waals surface area contributed by atoms with Crippen LogP contribution < -0.4 is 4.74 Å². The molecule has 2 aliphatic rings. The molecule has 1 unspecified atom stereocenters. The summed E-state index contributed by atoms with van der Waals surface area (Å²) in [7, 11) is -3.11. The lowest BCUT2D eigenvalue weighted by atomic mass is 10.0. The topological polar surface area (TPSA) is 62.7 Å². The van der Waals surface area contributed by atoms with E-state index in [1.807, 2.05) is 24.2 Å². The summed E-state index contributed by atoms with van der Waals surface area (Å²) in [5.41, 5.74) is 2.57. The minimum Gasteiger partial charge on any atom is -0.474 e. The third kappa shape index (κ3) is 6.00. The molecule has 1 aromatic carbocycles. The van der Waals surface area contributed by atoms with Gasteiger partial charge in [-0.25, -0.2) is 22.0 Å². The van der Waals surface area contributed by atoms with Crippen molar-refractivity contribution in [2.24, 2.45) is 0 Å². The van der Waals surface area contributed by atoms with Crippen molar-refractivity contribution in [3.8, 4) is 5.88 Å². The maximum absolute atomic E-state index is 11.6. The molecule has 2 atom stereocenters. The molecule has 0 aliphatic carbocycles. The van der Waals surface area contributed by atoms with Gasteiger partial charge in [0.05, 0.1) is 6.26 Å². The highest BCUT2D eigenvalue weighted by atomic mass is 32.2. The summed E-state index contributed by atoms with van der Waals surface area (Å²) in [5, 5.41) is 0.505. The molecule has 31 heavy (non-hydrogen) atoms. The van der Waals surface area contributed by atoms with Gasteiger partial charge < -0.3 is 4.74 Å². The molecule has 4 rings (SSSR count). The largest absolute Gasteiger partial charge is 0.474 e. The van der Waals surface area contributed by atoms with Gasteiger partial charge in [0.2, 0.25) is 15.9 Å². The Kier molecular flexibility index (Phi) is 7.21. The van der Waals surface area contributed by atoms with Crippen molar-refractivity contribution >= 4 is 22.0 Å². The lowest BCUT2D eigenvalue weighted by molar-refractivity contribution is 0.130. The first kappa shape index (κ1) is 22.6. The minimum absolute atomic E-state index is 0.0145. The fourth-order valence-corrected chi connectivity index (χ4v) is 6.41. The Hall–Kier alpha value is -1.61. The van der Waals surface area contributed by atoms with Crippen molar-refractivity contribution in [3.63, 3.8) is 0 Å². The third-order valence-electron chi connectivity index (χ3n) is 6.07. The Morgan fingerprint density at radius 2 is 1.81 bits per heavy atom. The van der Waals surface area contributed by atoms with Gasteiger partial charge in [-0.3, -0.25) is 0 Å². The fourth-order valence-electron chi connectivity index (χ4n) is 4.15. The van der Waals surface area contributed by atoms with E-state index in [0.29, 0.717) is 43.1 Å². The number of piperidine rings is 1. The molecule has 0 N–H and O–H groups in total. The van der Waals surface area contributed by atoms with Gasteiger partial charge in [0, 0.05) is 43.2 Å². The summed E-state index contributed by atoms with van der Waals surface area (Å²) in [6.45, 7) is 4.17. The molecule has 2 saturated heterocycles. The van der Waals surface area contributed by atoms with E-state index < -0.39 is 10.0 Å². The highest BCUT2D eigenvalue weighted by molar-refractivity contribution is 7.97. The summed E-state index contributed by atoms with van der Waals surface area (Å²) < 4.78 is 33.3. The van der Waals surface area contributed by atoms with E-state index in [4.69, 9.17) is 4.74 Å². The molecule has 0 bridgehead atoms. The zero-order valence-electron chi connectivity index (χ0n) is 18.2. The van der Waals surface area contributed by atoms with Crippen molar-refractivity contribution < 1.29 is 13.2 Å². The fraction of sp³-hybridized carbons (Fsp3) is 0.522. The Labute approximate surface area is 190 Å². The van der Waals surface area contributed by atoms with Crippen LogP contribution in [0.4, 0.5) is 0 Å². The number of rotatable bonds is 6. The van der Waals surface area contributed by atoms with Crippen LogP contribution in [0.2, 0.25) is 0 Å². The zero-order chi connectivity index (χ0) is 21.8. The Bertz CT molecular complexity index is 946. The quantitative estimate of drug-likeness (QED) is 0.599. The van der Waals surface area contributed by atoms with E-state index in [1.54, 1.807) is 0 Å². The van der Waals surface area contributed by atoms with Crippen LogP contribution in [0.5, 0.6) is 5.88 Å². The second-order valence-corrected chi connectivity index (χ2v) is 11.7. The van der Waals surface area contributed by atoms with Crippen LogP contribution in [-0.2, 0) is 16.6 Å². The predicted octanol–water partition coefficient (Wildman–Crippen LogP) is 4.26. The molecular weight excluding hydrogens is 430 g/mol. The van der Waals surface area contributed by atoms with E-state index in [-0.39, 0.29) is 6.10 Å². The molecule has 3 heterocycles. The average molecular weight is 462 g/mol. The van der Waals surface area contributed by atoms with Crippen molar-refractivity contribution in [1.29, 1.82) is 0 Å². The number of aromatic nitrogens is 1. The van der Waals surface area contributed by atoms with Crippen molar-refractivity contribution in [2.45, 2.75) is 56.5 Å². The molecule has 0 saturated carbocycles. The van der Waals surface area contributed by atoms with Crippen LogP contribution in [0, 0.1) is 0 Å². The molecule has 0 radical (unpaired) electrons. The standard InChI is InChI=1S/C23H31N3O3S2/c1-18-8-10-22(20-6-4-3-5-7-20)30-26(18)17-19-9-11-23(24-16-19)29-21-12-14-25(15-13-21)31(2,27)28/h3-7,9,11,16,18,21-22H,8,10,12-15,17H2,1-2H3/t18-,22?/m1/s1. The number of hydrogen-bond donors (Lipinski definition) is 0. The van der Waals surface area contributed by atoms with Crippen molar-refractivity contribution in [2.75, 3.05) is 19.3 Å². The number of ether oxygens (including phenoxy) is 1. The molecule has 2 fully saturated rings. The lowest BCUT2D eigenvalue weighted by Crippen LogP contribution is -2.41. The lowest BCUT2D eigenvalue weighted by Gasteiger charge is -2.37. The Morgan fingerprint density at radius 3 is 2.45 bits per heavy atom. The van der Waals surface area contributed by atoms with Crippen molar-refractivity contribution in [3.05, 3.63) is 59.8 Å². The first-order chi connectivity index (χ1) is 14.9. The highest BCUT2D eigenvalue weighted by Gasteiger charge is 2.28. The second-order valence-electron chi connectivity index (χ2n) is 8.49. The van der Waals surface area contributed by atoms with Crippen LogP contribution >= 0.6 is 11.9 Å². The Morgan fingerprint density at radius 1 is 1.06 bits per heavy atom. The van der Waals surface area contributed by atoms with E-state index in [9.17, 15) is 8.42 Å². The first-order valence-electron chi connectivity index (χ1n) is 10.9. The molecule has 2 aromatic rings. The van der Waals surface area contributed by atoms with E-state index in [1.165, 1.54) is 34.5 Å². The predicted molar refractivity (Wildman–Crippen MR) is 125 cm³/mol. The van der Waals surface area contributed by atoms with Crippen LogP contribution in [0.15, 0.2) is 48.7 Å². The van der Waals surface area contributed by atoms with Gasteiger partial charge in [-0.1, -0.05) is 48.3 Å².